The topological polar surface area (TPSA) is 18.5 Å². The monoisotopic (exact) mass is 254 g/mol. The highest BCUT2D eigenvalue weighted by molar-refractivity contribution is 5.38. The normalized spacial score (nSPS) is 20.2. The predicted octanol–water partition coefficient (Wildman–Crippen LogP) is 4.37. The van der Waals surface area contributed by atoms with Crippen LogP contribution in [0.3, 0.4) is 0 Å². The van der Waals surface area contributed by atoms with Gasteiger partial charge in [-0.3, -0.25) is 0 Å². The zero-order chi connectivity index (χ0) is 13.3. The maximum atomic E-state index is 6.14. The summed E-state index contributed by atoms with van der Waals surface area (Å²) in [5, 5.41) is 0. The second kappa shape index (κ2) is 4.61. The molecule has 0 fully saturated rings. The van der Waals surface area contributed by atoms with Crippen molar-refractivity contribution in [3.8, 4) is 11.5 Å². The Morgan fingerprint density at radius 1 is 1.00 bits per heavy atom. The van der Waals surface area contributed by atoms with Crippen LogP contribution in [0.1, 0.15) is 31.9 Å². The van der Waals surface area contributed by atoms with Crippen LogP contribution in [0, 0.1) is 0 Å². The van der Waals surface area contributed by atoms with Gasteiger partial charge in [-0.15, -0.1) is 0 Å². The van der Waals surface area contributed by atoms with E-state index in [-0.39, 0.29) is 11.7 Å². The lowest BCUT2D eigenvalue weighted by molar-refractivity contribution is 0.0220. The van der Waals surface area contributed by atoms with Crippen LogP contribution in [-0.2, 0) is 0 Å². The Kier molecular flexibility index (Phi) is 2.94. The van der Waals surface area contributed by atoms with Crippen molar-refractivity contribution < 1.29 is 9.47 Å². The lowest BCUT2D eigenvalue weighted by atomic mass is 9.91. The van der Waals surface area contributed by atoms with E-state index in [0.717, 1.165) is 23.5 Å². The Balaban J connectivity index is 1.93. The van der Waals surface area contributed by atoms with E-state index in [9.17, 15) is 0 Å². The summed E-state index contributed by atoms with van der Waals surface area (Å²) in [6.07, 6.45) is 0.890. The van der Waals surface area contributed by atoms with Gasteiger partial charge in [-0.05, 0) is 32.0 Å². The van der Waals surface area contributed by atoms with E-state index in [1.807, 2.05) is 48.5 Å². The summed E-state index contributed by atoms with van der Waals surface area (Å²) >= 11 is 0. The largest absolute Gasteiger partial charge is 0.487 e. The molecule has 1 unspecified atom stereocenters. The molecule has 0 aromatic heterocycles. The molecule has 2 aromatic rings. The molecule has 1 heterocycles. The van der Waals surface area contributed by atoms with Gasteiger partial charge >= 0.3 is 0 Å². The van der Waals surface area contributed by atoms with Crippen LogP contribution in [0.25, 0.3) is 0 Å². The minimum atomic E-state index is -0.201. The van der Waals surface area contributed by atoms with Gasteiger partial charge in [0.05, 0.1) is 0 Å². The molecular formula is C17H18O2. The molecule has 1 aliphatic heterocycles. The molecule has 19 heavy (non-hydrogen) atoms. The molecule has 1 aliphatic rings. The van der Waals surface area contributed by atoms with Gasteiger partial charge in [0.1, 0.15) is 23.2 Å². The number of benzene rings is 2. The number of rotatable bonds is 2. The lowest BCUT2D eigenvalue weighted by Crippen LogP contribution is -2.36. The molecule has 0 radical (unpaired) electrons. The maximum absolute atomic E-state index is 6.14. The van der Waals surface area contributed by atoms with Crippen LogP contribution in [0.5, 0.6) is 11.5 Å². The molecule has 2 aromatic carbocycles. The van der Waals surface area contributed by atoms with Crippen LogP contribution in [-0.4, -0.2) is 5.60 Å². The first kappa shape index (κ1) is 12.1. The van der Waals surface area contributed by atoms with E-state index in [1.165, 1.54) is 0 Å². The first-order valence-corrected chi connectivity index (χ1v) is 6.64. The third kappa shape index (κ3) is 2.58. The highest BCUT2D eigenvalue weighted by Crippen LogP contribution is 2.41. The molecular weight excluding hydrogens is 236 g/mol. The van der Waals surface area contributed by atoms with E-state index >= 15 is 0 Å². The summed E-state index contributed by atoms with van der Waals surface area (Å²) in [6, 6.07) is 18.1. The van der Waals surface area contributed by atoms with E-state index in [4.69, 9.17) is 9.47 Å². The molecule has 2 heteroatoms. The molecule has 0 saturated heterocycles. The quantitative estimate of drug-likeness (QED) is 0.792. The standard InChI is InChI=1S/C17H18O2/c1-17(2)12-16(18-13-8-4-3-5-9-13)14-10-6-7-11-15(14)19-17/h3-11,16H,12H2,1-2H3. The smallest absolute Gasteiger partial charge is 0.131 e. The predicted molar refractivity (Wildman–Crippen MR) is 75.6 cm³/mol. The average molecular weight is 254 g/mol. The zero-order valence-corrected chi connectivity index (χ0v) is 11.3. The number of ether oxygens (including phenoxy) is 2. The molecule has 0 N–H and O–H groups in total. The zero-order valence-electron chi connectivity index (χ0n) is 11.3. The fraction of sp³-hybridized carbons (Fsp3) is 0.294. The van der Waals surface area contributed by atoms with Crippen molar-refractivity contribution >= 4 is 0 Å². The Morgan fingerprint density at radius 3 is 2.47 bits per heavy atom. The number of fused-ring (bicyclic) bond motifs is 1. The summed E-state index contributed by atoms with van der Waals surface area (Å²) in [6.45, 7) is 4.20. The fourth-order valence-electron chi connectivity index (χ4n) is 2.50. The highest BCUT2D eigenvalue weighted by atomic mass is 16.5. The summed E-state index contributed by atoms with van der Waals surface area (Å²) < 4.78 is 12.1. The molecule has 2 nitrogen and oxygen atoms in total. The Bertz CT molecular complexity index is 560. The highest BCUT2D eigenvalue weighted by Gasteiger charge is 2.34. The second-order valence-corrected chi connectivity index (χ2v) is 5.52. The van der Waals surface area contributed by atoms with Crippen LogP contribution >= 0.6 is 0 Å². The van der Waals surface area contributed by atoms with Crippen molar-refractivity contribution in [1.82, 2.24) is 0 Å². The minimum absolute atomic E-state index is 0.0438. The molecule has 0 spiro atoms. The third-order valence-electron chi connectivity index (χ3n) is 3.35. The third-order valence-corrected chi connectivity index (χ3v) is 3.35. The van der Waals surface area contributed by atoms with Gasteiger partial charge < -0.3 is 9.47 Å². The molecule has 1 atom stereocenters. The lowest BCUT2D eigenvalue weighted by Gasteiger charge is -2.37. The molecule has 0 bridgehead atoms. The first-order chi connectivity index (χ1) is 9.14. The van der Waals surface area contributed by atoms with Crippen molar-refractivity contribution in [2.75, 3.05) is 0 Å². The number of hydrogen-bond donors (Lipinski definition) is 0. The molecule has 98 valence electrons. The van der Waals surface area contributed by atoms with Crippen molar-refractivity contribution in [2.45, 2.75) is 32.0 Å². The van der Waals surface area contributed by atoms with E-state index < -0.39 is 0 Å². The summed E-state index contributed by atoms with van der Waals surface area (Å²) in [7, 11) is 0. The Hall–Kier alpha value is -1.96. The molecule has 3 rings (SSSR count). The number of para-hydroxylation sites is 2. The van der Waals surface area contributed by atoms with Gasteiger partial charge in [-0.2, -0.15) is 0 Å². The van der Waals surface area contributed by atoms with Gasteiger partial charge in [-0.1, -0.05) is 36.4 Å². The van der Waals surface area contributed by atoms with Gasteiger partial charge in [0, 0.05) is 12.0 Å². The summed E-state index contributed by atoms with van der Waals surface area (Å²) in [5.74, 6) is 1.83. The van der Waals surface area contributed by atoms with Gasteiger partial charge in [0.2, 0.25) is 0 Å². The Labute approximate surface area is 114 Å². The van der Waals surface area contributed by atoms with Crippen molar-refractivity contribution in [1.29, 1.82) is 0 Å². The van der Waals surface area contributed by atoms with Gasteiger partial charge in [-0.25, -0.2) is 0 Å². The Morgan fingerprint density at radius 2 is 1.68 bits per heavy atom. The van der Waals surface area contributed by atoms with E-state index in [1.54, 1.807) is 0 Å². The SMILES string of the molecule is CC1(C)CC(Oc2ccccc2)c2ccccc2O1. The van der Waals surface area contributed by atoms with Crippen LogP contribution < -0.4 is 9.47 Å². The van der Waals surface area contributed by atoms with Gasteiger partial charge in [0.25, 0.3) is 0 Å². The van der Waals surface area contributed by atoms with Crippen molar-refractivity contribution in [3.63, 3.8) is 0 Å². The average Bonchev–Trinajstić information content (AvgIpc) is 2.38. The van der Waals surface area contributed by atoms with Crippen LogP contribution in [0.4, 0.5) is 0 Å². The van der Waals surface area contributed by atoms with Crippen LogP contribution in [0.15, 0.2) is 54.6 Å². The molecule has 0 amide bonds. The van der Waals surface area contributed by atoms with Crippen LogP contribution in [0.2, 0.25) is 0 Å². The fourth-order valence-corrected chi connectivity index (χ4v) is 2.50. The van der Waals surface area contributed by atoms with E-state index in [2.05, 4.69) is 19.9 Å². The summed E-state index contributed by atoms with van der Waals surface area (Å²) in [5.41, 5.74) is 0.930. The molecule has 0 saturated carbocycles. The summed E-state index contributed by atoms with van der Waals surface area (Å²) in [4.78, 5) is 0. The van der Waals surface area contributed by atoms with Crippen molar-refractivity contribution in [2.24, 2.45) is 0 Å². The first-order valence-electron chi connectivity index (χ1n) is 6.64. The molecule has 0 aliphatic carbocycles. The maximum Gasteiger partial charge on any atom is 0.131 e. The van der Waals surface area contributed by atoms with E-state index in [0.29, 0.717) is 0 Å². The second-order valence-electron chi connectivity index (χ2n) is 5.52. The van der Waals surface area contributed by atoms with Crippen molar-refractivity contribution in [3.05, 3.63) is 60.2 Å². The number of hydrogen-bond acceptors (Lipinski definition) is 2. The minimum Gasteiger partial charge on any atom is -0.487 e. The van der Waals surface area contributed by atoms with Gasteiger partial charge in [0.15, 0.2) is 0 Å².